The number of hydrogen-bond donors (Lipinski definition) is 2. The van der Waals surface area contributed by atoms with E-state index in [1.54, 1.807) is 13.8 Å². The molecule has 1 amide bonds. The van der Waals surface area contributed by atoms with Crippen molar-refractivity contribution in [2.75, 3.05) is 19.6 Å². The summed E-state index contributed by atoms with van der Waals surface area (Å²) in [5.74, 6) is 0.341. The highest BCUT2D eigenvalue weighted by Gasteiger charge is 2.20. The fourth-order valence-electron chi connectivity index (χ4n) is 3.11. The molecular formula is C18H23N3O3. The molecule has 3 rings (SSSR count). The van der Waals surface area contributed by atoms with Gasteiger partial charge in [-0.2, -0.15) is 0 Å². The fourth-order valence-corrected chi connectivity index (χ4v) is 3.11. The van der Waals surface area contributed by atoms with Gasteiger partial charge in [0.05, 0.1) is 11.8 Å². The van der Waals surface area contributed by atoms with E-state index < -0.39 is 6.10 Å². The van der Waals surface area contributed by atoms with Crippen LogP contribution in [0.15, 0.2) is 28.7 Å². The van der Waals surface area contributed by atoms with Gasteiger partial charge in [0.1, 0.15) is 0 Å². The minimum atomic E-state index is -0.622. The quantitative estimate of drug-likeness (QED) is 0.868. The average molecular weight is 329 g/mol. The Labute approximate surface area is 141 Å². The molecule has 128 valence electrons. The molecule has 0 saturated carbocycles. The third kappa shape index (κ3) is 3.83. The Morgan fingerprint density at radius 1 is 1.38 bits per heavy atom. The first kappa shape index (κ1) is 16.7. The van der Waals surface area contributed by atoms with Crippen LogP contribution in [-0.4, -0.2) is 46.6 Å². The van der Waals surface area contributed by atoms with Crippen LogP contribution in [0.2, 0.25) is 0 Å². The van der Waals surface area contributed by atoms with Crippen molar-refractivity contribution in [1.82, 2.24) is 15.2 Å². The van der Waals surface area contributed by atoms with Crippen molar-refractivity contribution in [3.8, 4) is 0 Å². The van der Waals surface area contributed by atoms with Gasteiger partial charge in [0, 0.05) is 33.1 Å². The van der Waals surface area contributed by atoms with Gasteiger partial charge in [-0.1, -0.05) is 24.3 Å². The van der Waals surface area contributed by atoms with Crippen LogP contribution >= 0.6 is 0 Å². The number of aromatic nitrogens is 1. The van der Waals surface area contributed by atoms with Crippen LogP contribution in [0.4, 0.5) is 0 Å². The lowest BCUT2D eigenvalue weighted by molar-refractivity contribution is 0.0819. The van der Waals surface area contributed by atoms with E-state index in [1.807, 2.05) is 6.07 Å². The van der Waals surface area contributed by atoms with E-state index in [2.05, 4.69) is 33.4 Å². The van der Waals surface area contributed by atoms with Gasteiger partial charge in [0.15, 0.2) is 5.89 Å². The molecule has 0 spiro atoms. The first-order valence-corrected chi connectivity index (χ1v) is 8.22. The van der Waals surface area contributed by atoms with E-state index in [0.717, 1.165) is 19.5 Å². The van der Waals surface area contributed by atoms with Crippen LogP contribution in [0, 0.1) is 13.8 Å². The topological polar surface area (TPSA) is 78.6 Å². The molecule has 1 aliphatic rings. The second-order valence-corrected chi connectivity index (χ2v) is 6.27. The summed E-state index contributed by atoms with van der Waals surface area (Å²) in [5.41, 5.74) is 3.26. The Balaban J connectivity index is 1.49. The highest BCUT2D eigenvalue weighted by molar-refractivity contribution is 5.92. The molecule has 0 aliphatic carbocycles. The molecule has 0 radical (unpaired) electrons. The number of carbonyl (C=O) groups excluding carboxylic acids is 1. The van der Waals surface area contributed by atoms with Crippen molar-refractivity contribution < 1.29 is 14.3 Å². The zero-order chi connectivity index (χ0) is 17.1. The zero-order valence-electron chi connectivity index (χ0n) is 14.1. The normalized spacial score (nSPS) is 15.8. The van der Waals surface area contributed by atoms with Crippen molar-refractivity contribution in [2.24, 2.45) is 0 Å². The van der Waals surface area contributed by atoms with Gasteiger partial charge < -0.3 is 14.8 Å². The lowest BCUT2D eigenvalue weighted by atomic mass is 10.00. The van der Waals surface area contributed by atoms with Crippen molar-refractivity contribution in [2.45, 2.75) is 32.9 Å². The number of fused-ring (bicyclic) bond motifs is 1. The second-order valence-electron chi connectivity index (χ2n) is 6.27. The predicted molar refractivity (Wildman–Crippen MR) is 89.7 cm³/mol. The SMILES string of the molecule is Cc1nc(C)c(C(=O)NCC(O)CN2CCc3ccccc3C2)o1. The van der Waals surface area contributed by atoms with Crippen molar-refractivity contribution in [3.63, 3.8) is 0 Å². The van der Waals surface area contributed by atoms with E-state index >= 15 is 0 Å². The number of nitrogens with one attached hydrogen (secondary N) is 1. The Kier molecular flexibility index (Phi) is 4.97. The van der Waals surface area contributed by atoms with Crippen LogP contribution in [0.5, 0.6) is 0 Å². The number of oxazole rings is 1. The van der Waals surface area contributed by atoms with Crippen LogP contribution in [-0.2, 0) is 13.0 Å². The molecule has 0 bridgehead atoms. The zero-order valence-corrected chi connectivity index (χ0v) is 14.1. The summed E-state index contributed by atoms with van der Waals surface area (Å²) < 4.78 is 5.28. The predicted octanol–water partition coefficient (Wildman–Crippen LogP) is 1.44. The van der Waals surface area contributed by atoms with Crippen molar-refractivity contribution >= 4 is 5.91 Å². The number of carbonyl (C=O) groups is 1. The van der Waals surface area contributed by atoms with Crippen LogP contribution in [0.3, 0.4) is 0 Å². The van der Waals surface area contributed by atoms with E-state index in [9.17, 15) is 9.90 Å². The Bertz CT molecular complexity index is 726. The molecule has 6 heteroatoms. The van der Waals surface area contributed by atoms with E-state index in [4.69, 9.17) is 4.42 Å². The molecule has 1 aromatic heterocycles. The third-order valence-electron chi connectivity index (χ3n) is 4.29. The summed E-state index contributed by atoms with van der Waals surface area (Å²) in [6, 6.07) is 8.39. The van der Waals surface area contributed by atoms with E-state index in [0.29, 0.717) is 18.1 Å². The number of aliphatic hydroxyl groups excluding tert-OH is 1. The molecule has 2 heterocycles. The minimum absolute atomic E-state index is 0.191. The second kappa shape index (κ2) is 7.15. The van der Waals surface area contributed by atoms with E-state index in [1.165, 1.54) is 11.1 Å². The van der Waals surface area contributed by atoms with Gasteiger partial charge in [-0.25, -0.2) is 4.98 Å². The van der Waals surface area contributed by atoms with Gasteiger partial charge in [0.25, 0.3) is 5.91 Å². The van der Waals surface area contributed by atoms with Crippen LogP contribution in [0.25, 0.3) is 0 Å². The highest BCUT2D eigenvalue weighted by Crippen LogP contribution is 2.18. The number of aliphatic hydroxyl groups is 1. The molecular weight excluding hydrogens is 306 g/mol. The summed E-state index contributed by atoms with van der Waals surface area (Å²) in [4.78, 5) is 18.4. The minimum Gasteiger partial charge on any atom is -0.436 e. The maximum Gasteiger partial charge on any atom is 0.289 e. The van der Waals surface area contributed by atoms with Crippen LogP contribution in [0.1, 0.15) is 33.3 Å². The molecule has 24 heavy (non-hydrogen) atoms. The molecule has 2 aromatic rings. The lowest BCUT2D eigenvalue weighted by Gasteiger charge is -2.30. The monoisotopic (exact) mass is 329 g/mol. The first-order valence-electron chi connectivity index (χ1n) is 8.22. The molecule has 0 fully saturated rings. The number of aryl methyl sites for hydroxylation is 2. The number of benzene rings is 1. The summed E-state index contributed by atoms with van der Waals surface area (Å²) in [6.45, 7) is 5.91. The average Bonchev–Trinajstić information content (AvgIpc) is 2.91. The molecule has 1 aliphatic heterocycles. The molecule has 1 aromatic carbocycles. The first-order chi connectivity index (χ1) is 11.5. The third-order valence-corrected chi connectivity index (χ3v) is 4.29. The molecule has 1 atom stereocenters. The van der Waals surface area contributed by atoms with Gasteiger partial charge >= 0.3 is 0 Å². The van der Waals surface area contributed by atoms with Gasteiger partial charge in [-0.3, -0.25) is 9.69 Å². The number of amides is 1. The van der Waals surface area contributed by atoms with E-state index in [-0.39, 0.29) is 18.2 Å². The van der Waals surface area contributed by atoms with Gasteiger partial charge in [-0.05, 0) is 24.5 Å². The van der Waals surface area contributed by atoms with Crippen molar-refractivity contribution in [1.29, 1.82) is 0 Å². The molecule has 1 unspecified atom stereocenters. The summed E-state index contributed by atoms with van der Waals surface area (Å²) in [5, 5.41) is 12.9. The summed E-state index contributed by atoms with van der Waals surface area (Å²) in [7, 11) is 0. The molecule has 0 saturated heterocycles. The van der Waals surface area contributed by atoms with Crippen LogP contribution < -0.4 is 5.32 Å². The highest BCUT2D eigenvalue weighted by atomic mass is 16.4. The Morgan fingerprint density at radius 2 is 2.12 bits per heavy atom. The maximum atomic E-state index is 12.1. The Morgan fingerprint density at radius 3 is 2.83 bits per heavy atom. The fraction of sp³-hybridized carbons (Fsp3) is 0.444. The summed E-state index contributed by atoms with van der Waals surface area (Å²) >= 11 is 0. The molecule has 2 N–H and O–H groups in total. The lowest BCUT2D eigenvalue weighted by Crippen LogP contribution is -2.42. The van der Waals surface area contributed by atoms with Gasteiger partial charge in [0.2, 0.25) is 5.76 Å². The smallest absolute Gasteiger partial charge is 0.289 e. The number of β-amino-alcohol motifs (C(OH)–C–C–N with tert-alkyl or cyclic N) is 1. The van der Waals surface area contributed by atoms with Crippen molar-refractivity contribution in [3.05, 3.63) is 52.7 Å². The van der Waals surface area contributed by atoms with Gasteiger partial charge in [-0.15, -0.1) is 0 Å². The molecule has 6 nitrogen and oxygen atoms in total. The standard InChI is InChI=1S/C18H23N3O3/c1-12-17(24-13(2)20-12)18(23)19-9-16(22)11-21-8-7-14-5-3-4-6-15(14)10-21/h3-6,16,22H,7-11H2,1-2H3,(H,19,23). The maximum absolute atomic E-state index is 12.1. The number of rotatable bonds is 5. The Hall–Kier alpha value is -2.18. The summed E-state index contributed by atoms with van der Waals surface area (Å²) in [6.07, 6.45) is 0.370. The number of nitrogens with zero attached hydrogens (tertiary/aromatic N) is 2. The largest absolute Gasteiger partial charge is 0.436 e. The number of hydrogen-bond acceptors (Lipinski definition) is 5.